The Morgan fingerprint density at radius 3 is 1.79 bits per heavy atom. The zero-order chi connectivity index (χ0) is 17.4. The van der Waals surface area contributed by atoms with Gasteiger partial charge in [0.05, 0.1) is 0 Å². The number of fused-ring (bicyclic) bond motifs is 3. The zero-order valence-electron chi connectivity index (χ0n) is 14.6. The summed E-state index contributed by atoms with van der Waals surface area (Å²) in [5.74, 6) is 0.119. The van der Waals surface area contributed by atoms with Crippen molar-refractivity contribution < 1.29 is 9.90 Å². The van der Waals surface area contributed by atoms with Crippen LogP contribution in [0.5, 0.6) is 0 Å². The normalized spacial score (nSPS) is 11.9. The SMILES string of the molecule is CCCCCC.O=C(O)NCC1c2ccccc2-c2ccccc21. The second-order valence-electron chi connectivity index (χ2n) is 6.12. The molecule has 2 aromatic rings. The van der Waals surface area contributed by atoms with E-state index in [1.807, 2.05) is 24.3 Å². The second kappa shape index (κ2) is 9.11. The Morgan fingerprint density at radius 1 is 0.917 bits per heavy atom. The van der Waals surface area contributed by atoms with Crippen LogP contribution < -0.4 is 5.32 Å². The number of hydrogen-bond donors (Lipinski definition) is 2. The maximum absolute atomic E-state index is 10.7. The summed E-state index contributed by atoms with van der Waals surface area (Å²) < 4.78 is 0. The van der Waals surface area contributed by atoms with Crippen LogP contribution in [0, 0.1) is 0 Å². The fourth-order valence-corrected chi connectivity index (χ4v) is 3.17. The van der Waals surface area contributed by atoms with Crippen LogP contribution >= 0.6 is 0 Å². The van der Waals surface area contributed by atoms with Crippen LogP contribution in [0.4, 0.5) is 4.79 Å². The Hall–Kier alpha value is -2.29. The van der Waals surface area contributed by atoms with Gasteiger partial charge in [0.25, 0.3) is 0 Å². The third-order valence-corrected chi connectivity index (χ3v) is 4.38. The molecule has 0 spiro atoms. The topological polar surface area (TPSA) is 49.3 Å². The van der Waals surface area contributed by atoms with Gasteiger partial charge in [0.15, 0.2) is 0 Å². The van der Waals surface area contributed by atoms with Gasteiger partial charge in [0, 0.05) is 12.5 Å². The number of benzene rings is 2. The molecule has 0 fully saturated rings. The fraction of sp³-hybridized carbons (Fsp3) is 0.381. The number of unbranched alkanes of at least 4 members (excludes halogenated alkanes) is 3. The van der Waals surface area contributed by atoms with Gasteiger partial charge in [-0.3, -0.25) is 0 Å². The summed E-state index contributed by atoms with van der Waals surface area (Å²) in [5.41, 5.74) is 4.83. The van der Waals surface area contributed by atoms with Crippen molar-refractivity contribution in [1.29, 1.82) is 0 Å². The average molecular weight is 325 g/mol. The van der Waals surface area contributed by atoms with Crippen LogP contribution in [-0.4, -0.2) is 17.7 Å². The summed E-state index contributed by atoms with van der Waals surface area (Å²) in [6.07, 6.45) is 4.56. The molecule has 3 heteroatoms. The first-order valence-electron chi connectivity index (χ1n) is 8.84. The smallest absolute Gasteiger partial charge is 0.404 e. The largest absolute Gasteiger partial charge is 0.465 e. The lowest BCUT2D eigenvalue weighted by Crippen LogP contribution is -2.26. The quantitative estimate of drug-likeness (QED) is 0.698. The fourth-order valence-electron chi connectivity index (χ4n) is 3.17. The standard InChI is InChI=1S/C15H13NO2.C6H14/c17-15(18)16-9-14-12-7-3-1-5-10(12)11-6-2-4-8-13(11)14;1-3-5-6-4-2/h1-8,14,16H,9H2,(H,17,18);3-6H2,1-2H3. The summed E-state index contributed by atoms with van der Waals surface area (Å²) in [6, 6.07) is 16.4. The maximum atomic E-state index is 10.7. The third-order valence-electron chi connectivity index (χ3n) is 4.38. The lowest BCUT2D eigenvalue weighted by Gasteiger charge is -2.12. The molecule has 0 heterocycles. The number of rotatable bonds is 5. The number of carboxylic acid groups (broad SMARTS) is 1. The van der Waals surface area contributed by atoms with E-state index in [0.717, 1.165) is 0 Å². The summed E-state index contributed by atoms with van der Waals surface area (Å²) in [4.78, 5) is 10.7. The van der Waals surface area contributed by atoms with Crippen molar-refractivity contribution in [2.24, 2.45) is 0 Å². The molecule has 0 atom stereocenters. The van der Waals surface area contributed by atoms with E-state index in [2.05, 4.69) is 43.4 Å². The van der Waals surface area contributed by atoms with Gasteiger partial charge in [0.2, 0.25) is 0 Å². The Balaban J connectivity index is 0.000000301. The van der Waals surface area contributed by atoms with Crippen molar-refractivity contribution in [3.8, 4) is 11.1 Å². The van der Waals surface area contributed by atoms with Gasteiger partial charge in [0.1, 0.15) is 0 Å². The van der Waals surface area contributed by atoms with Gasteiger partial charge in [-0.05, 0) is 22.3 Å². The van der Waals surface area contributed by atoms with Crippen LogP contribution in [0.15, 0.2) is 48.5 Å². The predicted molar refractivity (Wildman–Crippen MR) is 99.6 cm³/mol. The minimum atomic E-state index is -0.975. The average Bonchev–Trinajstić information content (AvgIpc) is 2.93. The molecule has 2 aromatic carbocycles. The van der Waals surface area contributed by atoms with Crippen LogP contribution in [0.1, 0.15) is 56.6 Å². The van der Waals surface area contributed by atoms with E-state index in [1.54, 1.807) is 0 Å². The lowest BCUT2D eigenvalue weighted by molar-refractivity contribution is 0.194. The minimum Gasteiger partial charge on any atom is -0.465 e. The van der Waals surface area contributed by atoms with E-state index in [-0.39, 0.29) is 5.92 Å². The molecule has 2 N–H and O–H groups in total. The number of nitrogens with one attached hydrogen (secondary N) is 1. The molecular formula is C21H27NO2. The predicted octanol–water partition coefficient (Wildman–Crippen LogP) is 5.65. The van der Waals surface area contributed by atoms with E-state index in [1.165, 1.54) is 47.9 Å². The molecule has 0 unspecified atom stereocenters. The first-order chi connectivity index (χ1) is 11.7. The molecule has 0 radical (unpaired) electrons. The van der Waals surface area contributed by atoms with Gasteiger partial charge >= 0.3 is 6.09 Å². The molecule has 128 valence electrons. The number of hydrogen-bond acceptors (Lipinski definition) is 1. The van der Waals surface area contributed by atoms with Gasteiger partial charge in [-0.25, -0.2) is 4.79 Å². The first kappa shape index (κ1) is 18.1. The Labute approximate surface area is 144 Å². The van der Waals surface area contributed by atoms with Crippen molar-refractivity contribution >= 4 is 6.09 Å². The van der Waals surface area contributed by atoms with Crippen LogP contribution in [0.2, 0.25) is 0 Å². The molecule has 0 saturated heterocycles. The summed E-state index contributed by atoms with van der Waals surface area (Å²) in [7, 11) is 0. The Morgan fingerprint density at radius 2 is 1.38 bits per heavy atom. The van der Waals surface area contributed by atoms with E-state index in [9.17, 15) is 4.79 Å². The summed E-state index contributed by atoms with van der Waals surface area (Å²) in [5, 5.41) is 11.2. The summed E-state index contributed by atoms with van der Waals surface area (Å²) in [6.45, 7) is 4.88. The highest BCUT2D eigenvalue weighted by atomic mass is 16.4. The van der Waals surface area contributed by atoms with Gasteiger partial charge in [-0.1, -0.05) is 88.1 Å². The molecule has 0 bridgehead atoms. The van der Waals surface area contributed by atoms with Gasteiger partial charge in [-0.15, -0.1) is 0 Å². The molecule has 3 nitrogen and oxygen atoms in total. The number of amides is 1. The zero-order valence-corrected chi connectivity index (χ0v) is 14.6. The molecule has 1 aliphatic rings. The molecule has 0 saturated carbocycles. The monoisotopic (exact) mass is 325 g/mol. The molecule has 0 aromatic heterocycles. The Kier molecular flexibility index (Phi) is 6.86. The van der Waals surface area contributed by atoms with Crippen molar-refractivity contribution in [3.63, 3.8) is 0 Å². The lowest BCUT2D eigenvalue weighted by atomic mass is 9.97. The van der Waals surface area contributed by atoms with Gasteiger partial charge < -0.3 is 10.4 Å². The van der Waals surface area contributed by atoms with Crippen molar-refractivity contribution in [2.75, 3.05) is 6.54 Å². The molecular weight excluding hydrogens is 298 g/mol. The van der Waals surface area contributed by atoms with Crippen LogP contribution in [0.3, 0.4) is 0 Å². The minimum absolute atomic E-state index is 0.119. The van der Waals surface area contributed by atoms with E-state index >= 15 is 0 Å². The highest BCUT2D eigenvalue weighted by molar-refractivity contribution is 5.79. The highest BCUT2D eigenvalue weighted by Gasteiger charge is 2.27. The molecule has 0 aliphatic heterocycles. The van der Waals surface area contributed by atoms with Crippen LogP contribution in [-0.2, 0) is 0 Å². The van der Waals surface area contributed by atoms with Crippen LogP contribution in [0.25, 0.3) is 11.1 Å². The highest BCUT2D eigenvalue weighted by Crippen LogP contribution is 2.43. The van der Waals surface area contributed by atoms with E-state index < -0.39 is 6.09 Å². The van der Waals surface area contributed by atoms with Crippen molar-refractivity contribution in [2.45, 2.75) is 45.4 Å². The first-order valence-corrected chi connectivity index (χ1v) is 8.84. The van der Waals surface area contributed by atoms with Gasteiger partial charge in [-0.2, -0.15) is 0 Å². The third kappa shape index (κ3) is 4.38. The van der Waals surface area contributed by atoms with E-state index in [0.29, 0.717) is 6.54 Å². The van der Waals surface area contributed by atoms with Crippen molar-refractivity contribution in [1.82, 2.24) is 5.32 Å². The van der Waals surface area contributed by atoms with Crippen molar-refractivity contribution in [3.05, 3.63) is 59.7 Å². The summed E-state index contributed by atoms with van der Waals surface area (Å²) >= 11 is 0. The second-order valence-corrected chi connectivity index (χ2v) is 6.12. The molecule has 24 heavy (non-hydrogen) atoms. The number of carbonyl (C=O) groups is 1. The van der Waals surface area contributed by atoms with E-state index in [4.69, 9.17) is 5.11 Å². The molecule has 3 rings (SSSR count). The maximum Gasteiger partial charge on any atom is 0.404 e. The molecule has 1 aliphatic carbocycles. The molecule has 1 amide bonds. The Bertz CT molecular complexity index is 617.